The predicted molar refractivity (Wildman–Crippen MR) is 54.9 cm³/mol. The van der Waals surface area contributed by atoms with Crippen LogP contribution >= 0.6 is 0 Å². The van der Waals surface area contributed by atoms with Crippen LogP contribution in [0.5, 0.6) is 0 Å². The number of hydrogen-bond acceptors (Lipinski definition) is 3. The van der Waals surface area contributed by atoms with E-state index < -0.39 is 0 Å². The topological polar surface area (TPSA) is 61.4 Å². The molecule has 0 aliphatic carbocycles. The zero-order valence-electron chi connectivity index (χ0n) is 8.92. The minimum Gasteiger partial charge on any atom is -0.394 e. The zero-order chi connectivity index (χ0) is 10.6. The highest BCUT2D eigenvalue weighted by atomic mass is 16.3. The van der Waals surface area contributed by atoms with Gasteiger partial charge in [-0.3, -0.25) is 4.79 Å². The Balaban J connectivity index is 2.37. The summed E-state index contributed by atoms with van der Waals surface area (Å²) in [6.45, 7) is 4.91. The van der Waals surface area contributed by atoms with E-state index in [0.29, 0.717) is 0 Å². The third-order valence-corrected chi connectivity index (χ3v) is 2.71. The third-order valence-electron chi connectivity index (χ3n) is 2.71. The Bertz CT molecular complexity index is 189. The van der Waals surface area contributed by atoms with Crippen molar-refractivity contribution in [2.75, 3.05) is 13.2 Å². The Labute approximate surface area is 85.1 Å². The summed E-state index contributed by atoms with van der Waals surface area (Å²) >= 11 is 0. The molecule has 0 aromatic carbocycles. The van der Waals surface area contributed by atoms with Crippen molar-refractivity contribution in [1.82, 2.24) is 10.6 Å². The van der Waals surface area contributed by atoms with Crippen molar-refractivity contribution in [3.05, 3.63) is 0 Å². The van der Waals surface area contributed by atoms with Gasteiger partial charge in [0.15, 0.2) is 0 Å². The van der Waals surface area contributed by atoms with Crippen LogP contribution < -0.4 is 10.6 Å². The molecule has 1 unspecified atom stereocenters. The van der Waals surface area contributed by atoms with Gasteiger partial charge in [-0.05, 0) is 25.3 Å². The lowest BCUT2D eigenvalue weighted by molar-refractivity contribution is -0.124. The molecule has 0 aromatic heterocycles. The first-order valence-electron chi connectivity index (χ1n) is 5.29. The van der Waals surface area contributed by atoms with E-state index in [1.165, 1.54) is 0 Å². The standard InChI is InChI=1S/C10H20N2O2/c1-7(2)9(6-13)12-10(14)8-4-3-5-11-8/h7-9,11,13H,3-6H2,1-2H3,(H,12,14)/t8-,9?/m0/s1. The van der Waals surface area contributed by atoms with Gasteiger partial charge in [-0.1, -0.05) is 13.8 Å². The van der Waals surface area contributed by atoms with Gasteiger partial charge in [0.05, 0.1) is 18.7 Å². The molecule has 1 heterocycles. The largest absolute Gasteiger partial charge is 0.394 e. The molecule has 14 heavy (non-hydrogen) atoms. The number of carbonyl (C=O) groups excluding carboxylic acids is 1. The smallest absolute Gasteiger partial charge is 0.237 e. The van der Waals surface area contributed by atoms with Crippen molar-refractivity contribution in [1.29, 1.82) is 0 Å². The SMILES string of the molecule is CC(C)C(CO)NC(=O)[C@@H]1CCCN1. The van der Waals surface area contributed by atoms with Crippen molar-refractivity contribution in [2.45, 2.75) is 38.8 Å². The number of carbonyl (C=O) groups is 1. The molecule has 2 atom stereocenters. The van der Waals surface area contributed by atoms with Gasteiger partial charge in [-0.15, -0.1) is 0 Å². The Morgan fingerprint density at radius 1 is 1.64 bits per heavy atom. The Morgan fingerprint density at radius 3 is 2.79 bits per heavy atom. The molecule has 1 rings (SSSR count). The Kier molecular flexibility index (Phi) is 4.35. The first kappa shape index (κ1) is 11.5. The molecule has 4 nitrogen and oxygen atoms in total. The normalized spacial score (nSPS) is 23.9. The molecule has 0 spiro atoms. The fraction of sp³-hybridized carbons (Fsp3) is 0.900. The Hall–Kier alpha value is -0.610. The van der Waals surface area contributed by atoms with Crippen LogP contribution in [0.25, 0.3) is 0 Å². The fourth-order valence-corrected chi connectivity index (χ4v) is 1.61. The van der Waals surface area contributed by atoms with Crippen LogP contribution in [0.1, 0.15) is 26.7 Å². The van der Waals surface area contributed by atoms with Crippen LogP contribution in [0.3, 0.4) is 0 Å². The number of aliphatic hydroxyl groups is 1. The van der Waals surface area contributed by atoms with E-state index in [-0.39, 0.29) is 30.5 Å². The molecule has 3 N–H and O–H groups in total. The molecule has 0 bridgehead atoms. The first-order chi connectivity index (χ1) is 6.65. The summed E-state index contributed by atoms with van der Waals surface area (Å²) in [5.41, 5.74) is 0. The maximum atomic E-state index is 11.6. The van der Waals surface area contributed by atoms with Gasteiger partial charge in [-0.25, -0.2) is 0 Å². The molecular weight excluding hydrogens is 180 g/mol. The van der Waals surface area contributed by atoms with Crippen molar-refractivity contribution < 1.29 is 9.90 Å². The summed E-state index contributed by atoms with van der Waals surface area (Å²) in [6, 6.07) is -0.173. The van der Waals surface area contributed by atoms with Crippen LogP contribution in [-0.4, -0.2) is 36.2 Å². The van der Waals surface area contributed by atoms with Gasteiger partial charge < -0.3 is 15.7 Å². The molecule has 0 saturated carbocycles. The minimum absolute atomic E-state index is 0.0100. The molecule has 0 radical (unpaired) electrons. The van der Waals surface area contributed by atoms with Crippen LogP contribution in [-0.2, 0) is 4.79 Å². The number of amides is 1. The van der Waals surface area contributed by atoms with E-state index in [1.807, 2.05) is 13.8 Å². The number of rotatable bonds is 4. The van der Waals surface area contributed by atoms with Gasteiger partial charge in [0, 0.05) is 0 Å². The molecule has 0 aromatic rings. The van der Waals surface area contributed by atoms with E-state index in [1.54, 1.807) is 0 Å². The van der Waals surface area contributed by atoms with E-state index >= 15 is 0 Å². The van der Waals surface area contributed by atoms with Gasteiger partial charge in [0.25, 0.3) is 0 Å². The lowest BCUT2D eigenvalue weighted by atomic mass is 10.0. The summed E-state index contributed by atoms with van der Waals surface area (Å²) in [7, 11) is 0. The highest BCUT2D eigenvalue weighted by Crippen LogP contribution is 2.07. The fourth-order valence-electron chi connectivity index (χ4n) is 1.61. The van der Waals surface area contributed by atoms with E-state index in [0.717, 1.165) is 19.4 Å². The summed E-state index contributed by atoms with van der Waals surface area (Å²) < 4.78 is 0. The predicted octanol–water partition coefficient (Wildman–Crippen LogP) is -0.128. The summed E-state index contributed by atoms with van der Waals surface area (Å²) in [5.74, 6) is 0.292. The summed E-state index contributed by atoms with van der Waals surface area (Å²) in [4.78, 5) is 11.6. The second-order valence-electron chi connectivity index (χ2n) is 4.19. The molecule has 1 aliphatic heterocycles. The molecule has 82 valence electrons. The lowest BCUT2D eigenvalue weighted by Crippen LogP contribution is -2.48. The zero-order valence-corrected chi connectivity index (χ0v) is 8.92. The van der Waals surface area contributed by atoms with Crippen molar-refractivity contribution in [3.8, 4) is 0 Å². The highest BCUT2D eigenvalue weighted by molar-refractivity contribution is 5.82. The van der Waals surface area contributed by atoms with Crippen LogP contribution in [0, 0.1) is 5.92 Å². The number of nitrogens with one attached hydrogen (secondary N) is 2. The molecular formula is C10H20N2O2. The molecule has 1 amide bonds. The average Bonchev–Trinajstić information content (AvgIpc) is 2.65. The van der Waals surface area contributed by atoms with Gasteiger partial charge in [-0.2, -0.15) is 0 Å². The number of hydrogen-bond donors (Lipinski definition) is 3. The van der Waals surface area contributed by atoms with E-state index in [9.17, 15) is 4.79 Å². The van der Waals surface area contributed by atoms with Gasteiger partial charge in [0.2, 0.25) is 5.91 Å². The van der Waals surface area contributed by atoms with Gasteiger partial charge >= 0.3 is 0 Å². The monoisotopic (exact) mass is 200 g/mol. The minimum atomic E-state index is -0.120. The van der Waals surface area contributed by atoms with Gasteiger partial charge in [0.1, 0.15) is 0 Å². The summed E-state index contributed by atoms with van der Waals surface area (Å²) in [5, 5.41) is 15.0. The van der Waals surface area contributed by atoms with E-state index in [2.05, 4.69) is 10.6 Å². The number of aliphatic hydroxyl groups excluding tert-OH is 1. The molecule has 4 heteroatoms. The van der Waals surface area contributed by atoms with Crippen LogP contribution in [0.4, 0.5) is 0 Å². The van der Waals surface area contributed by atoms with Crippen LogP contribution in [0.15, 0.2) is 0 Å². The molecule has 1 aliphatic rings. The van der Waals surface area contributed by atoms with Crippen LogP contribution in [0.2, 0.25) is 0 Å². The van der Waals surface area contributed by atoms with Crippen molar-refractivity contribution in [3.63, 3.8) is 0 Å². The maximum absolute atomic E-state index is 11.6. The average molecular weight is 200 g/mol. The highest BCUT2D eigenvalue weighted by Gasteiger charge is 2.24. The quantitative estimate of drug-likeness (QED) is 0.592. The second kappa shape index (κ2) is 5.32. The lowest BCUT2D eigenvalue weighted by Gasteiger charge is -2.22. The van der Waals surface area contributed by atoms with Crippen molar-refractivity contribution >= 4 is 5.91 Å². The van der Waals surface area contributed by atoms with Crippen molar-refractivity contribution in [2.24, 2.45) is 5.92 Å². The summed E-state index contributed by atoms with van der Waals surface area (Å²) in [6.07, 6.45) is 1.96. The molecule has 1 saturated heterocycles. The van der Waals surface area contributed by atoms with E-state index in [4.69, 9.17) is 5.11 Å². The third kappa shape index (κ3) is 2.96. The second-order valence-corrected chi connectivity index (χ2v) is 4.19. The maximum Gasteiger partial charge on any atom is 0.237 e. The first-order valence-corrected chi connectivity index (χ1v) is 5.29. The molecule has 1 fully saturated rings. The Morgan fingerprint density at radius 2 is 2.36 bits per heavy atom.